The van der Waals surface area contributed by atoms with Gasteiger partial charge in [-0.05, 0) is 26.8 Å². The Morgan fingerprint density at radius 3 is 2.58 bits per heavy atom. The van der Waals surface area contributed by atoms with E-state index in [4.69, 9.17) is 4.98 Å². The van der Waals surface area contributed by atoms with E-state index in [1.807, 2.05) is 6.92 Å². The lowest BCUT2D eigenvalue weighted by atomic mass is 10.2. The quantitative estimate of drug-likeness (QED) is 0.605. The van der Waals surface area contributed by atoms with Gasteiger partial charge in [0.1, 0.15) is 11.3 Å². The fraction of sp³-hybridized carbons (Fsp3) is 0.250. The van der Waals surface area contributed by atoms with Crippen molar-refractivity contribution in [2.45, 2.75) is 27.2 Å². The van der Waals surface area contributed by atoms with Gasteiger partial charge in [-0.1, -0.05) is 0 Å². The van der Waals surface area contributed by atoms with Crippen LogP contribution in [-0.2, 0) is 6.42 Å². The molecule has 0 aliphatic heterocycles. The van der Waals surface area contributed by atoms with Crippen molar-refractivity contribution >= 4 is 22.7 Å². The van der Waals surface area contributed by atoms with E-state index in [1.54, 1.807) is 22.7 Å². The summed E-state index contributed by atoms with van der Waals surface area (Å²) in [6.45, 7) is 6.16. The van der Waals surface area contributed by atoms with Gasteiger partial charge in [0, 0.05) is 33.4 Å². The molecule has 0 radical (unpaired) electrons. The largest absolute Gasteiger partial charge is 0.287 e. The molecule has 4 aromatic heterocycles. The zero-order chi connectivity index (χ0) is 16.7. The zero-order valence-corrected chi connectivity index (χ0v) is 15.2. The van der Waals surface area contributed by atoms with Crippen molar-refractivity contribution in [1.82, 2.24) is 29.7 Å². The predicted molar refractivity (Wildman–Crippen MR) is 95.9 cm³/mol. The maximum Gasteiger partial charge on any atom is 0.229 e. The molecule has 0 spiro atoms. The van der Waals surface area contributed by atoms with Crippen LogP contribution in [0.4, 0.5) is 0 Å². The number of nitrogens with zero attached hydrogens (tertiary/aromatic N) is 5. The van der Waals surface area contributed by atoms with Crippen LogP contribution < -0.4 is 0 Å². The maximum atomic E-state index is 4.81. The number of aromatic nitrogens is 6. The van der Waals surface area contributed by atoms with Gasteiger partial charge < -0.3 is 0 Å². The van der Waals surface area contributed by atoms with Crippen molar-refractivity contribution in [3.05, 3.63) is 50.3 Å². The average molecular weight is 356 g/mol. The van der Waals surface area contributed by atoms with Crippen molar-refractivity contribution < 1.29 is 0 Å². The van der Waals surface area contributed by atoms with Crippen LogP contribution in [0, 0.1) is 20.8 Å². The average Bonchev–Trinajstić information content (AvgIpc) is 3.30. The van der Waals surface area contributed by atoms with E-state index in [0.717, 1.165) is 50.7 Å². The Morgan fingerprint density at radius 2 is 1.88 bits per heavy atom. The Kier molecular flexibility index (Phi) is 3.78. The summed E-state index contributed by atoms with van der Waals surface area (Å²) in [7, 11) is 0. The fourth-order valence-electron chi connectivity index (χ4n) is 2.78. The molecular weight excluding hydrogens is 340 g/mol. The van der Waals surface area contributed by atoms with E-state index >= 15 is 0 Å². The lowest BCUT2D eigenvalue weighted by Gasteiger charge is -2.04. The highest BCUT2D eigenvalue weighted by molar-refractivity contribution is 7.11. The number of nitrogens with one attached hydrogen (secondary N) is 1. The van der Waals surface area contributed by atoms with Crippen LogP contribution >= 0.6 is 22.7 Å². The number of hydrogen-bond acceptors (Lipinski definition) is 6. The van der Waals surface area contributed by atoms with Gasteiger partial charge in [0.05, 0.1) is 17.1 Å². The van der Waals surface area contributed by atoms with Crippen LogP contribution in [-0.4, -0.2) is 29.7 Å². The van der Waals surface area contributed by atoms with Crippen LogP contribution in [0.1, 0.15) is 27.1 Å². The van der Waals surface area contributed by atoms with Crippen LogP contribution in [0.15, 0.2) is 23.2 Å². The van der Waals surface area contributed by atoms with E-state index in [-0.39, 0.29) is 0 Å². The molecule has 1 N–H and O–H groups in total. The standard InChI is InChI=1S/C16H16N6S2/c1-9-6-23-14(19-9)5-15-20-13(7-24-15)12-4-10(2)22(11(12)3)16-17-8-18-21-16/h4,6-8H,5H2,1-3H3,(H,17,18,21). The SMILES string of the molecule is Cc1csc(Cc2nc(-c3cc(C)n(-c4ncn[nH]4)c3C)cs2)n1. The second-order valence-corrected chi connectivity index (χ2v) is 7.50. The highest BCUT2D eigenvalue weighted by Crippen LogP contribution is 2.30. The number of thiazole rings is 2. The highest BCUT2D eigenvalue weighted by Gasteiger charge is 2.16. The molecule has 6 nitrogen and oxygen atoms in total. The Hall–Kier alpha value is -2.32. The van der Waals surface area contributed by atoms with Crippen molar-refractivity contribution in [1.29, 1.82) is 0 Å². The minimum absolute atomic E-state index is 0.727. The maximum absolute atomic E-state index is 4.81. The molecule has 0 saturated heterocycles. The van der Waals surface area contributed by atoms with Crippen LogP contribution in [0.2, 0.25) is 0 Å². The molecule has 122 valence electrons. The molecule has 8 heteroatoms. The van der Waals surface area contributed by atoms with Gasteiger partial charge in [-0.3, -0.25) is 4.57 Å². The number of aryl methyl sites for hydroxylation is 2. The smallest absolute Gasteiger partial charge is 0.229 e. The number of rotatable bonds is 4. The molecule has 0 aromatic carbocycles. The molecule has 4 aromatic rings. The second kappa shape index (κ2) is 5.95. The van der Waals surface area contributed by atoms with Crippen molar-refractivity contribution in [2.24, 2.45) is 0 Å². The minimum atomic E-state index is 0.727. The Balaban J connectivity index is 1.66. The van der Waals surface area contributed by atoms with Crippen molar-refractivity contribution in [3.63, 3.8) is 0 Å². The minimum Gasteiger partial charge on any atom is -0.287 e. The Bertz CT molecular complexity index is 976. The first-order chi connectivity index (χ1) is 11.6. The van der Waals surface area contributed by atoms with E-state index < -0.39 is 0 Å². The molecule has 4 rings (SSSR count). The van der Waals surface area contributed by atoms with Gasteiger partial charge in [-0.25, -0.2) is 15.1 Å². The summed E-state index contributed by atoms with van der Waals surface area (Å²) in [4.78, 5) is 13.6. The second-order valence-electron chi connectivity index (χ2n) is 5.62. The van der Waals surface area contributed by atoms with Gasteiger partial charge in [-0.2, -0.15) is 10.1 Å². The Labute approximate surface area is 147 Å². The van der Waals surface area contributed by atoms with Gasteiger partial charge in [0.15, 0.2) is 0 Å². The third-order valence-corrected chi connectivity index (χ3v) is 5.66. The van der Waals surface area contributed by atoms with Gasteiger partial charge in [0.2, 0.25) is 5.95 Å². The normalized spacial score (nSPS) is 11.3. The van der Waals surface area contributed by atoms with Gasteiger partial charge in [0.25, 0.3) is 0 Å². The van der Waals surface area contributed by atoms with Crippen molar-refractivity contribution in [2.75, 3.05) is 0 Å². The lowest BCUT2D eigenvalue weighted by molar-refractivity contribution is 0.879. The molecule has 0 aliphatic rings. The van der Waals surface area contributed by atoms with E-state index in [0.29, 0.717) is 0 Å². The third-order valence-electron chi connectivity index (χ3n) is 3.84. The number of hydrogen-bond donors (Lipinski definition) is 1. The molecule has 0 atom stereocenters. The van der Waals surface area contributed by atoms with Gasteiger partial charge >= 0.3 is 0 Å². The summed E-state index contributed by atoms with van der Waals surface area (Å²) in [5.74, 6) is 0.727. The van der Waals surface area contributed by atoms with E-state index in [2.05, 4.69) is 55.4 Å². The van der Waals surface area contributed by atoms with E-state index in [9.17, 15) is 0 Å². The first kappa shape index (κ1) is 15.2. The molecule has 0 fully saturated rings. The molecule has 4 heterocycles. The molecule has 0 amide bonds. The first-order valence-electron chi connectivity index (χ1n) is 7.52. The number of aromatic amines is 1. The van der Waals surface area contributed by atoms with Crippen LogP contribution in [0.5, 0.6) is 0 Å². The third kappa shape index (κ3) is 2.67. The zero-order valence-electron chi connectivity index (χ0n) is 13.6. The summed E-state index contributed by atoms with van der Waals surface area (Å²) in [5, 5.41) is 13.2. The first-order valence-corrected chi connectivity index (χ1v) is 9.28. The van der Waals surface area contributed by atoms with E-state index in [1.165, 1.54) is 6.33 Å². The highest BCUT2D eigenvalue weighted by atomic mass is 32.1. The predicted octanol–water partition coefficient (Wildman–Crippen LogP) is 3.69. The molecule has 0 bridgehead atoms. The molecule has 0 unspecified atom stereocenters. The monoisotopic (exact) mass is 356 g/mol. The molecule has 0 aliphatic carbocycles. The van der Waals surface area contributed by atoms with Gasteiger partial charge in [-0.15, -0.1) is 22.7 Å². The lowest BCUT2D eigenvalue weighted by Crippen LogP contribution is -2.01. The summed E-state index contributed by atoms with van der Waals surface area (Å²) >= 11 is 3.37. The summed E-state index contributed by atoms with van der Waals surface area (Å²) in [5.41, 5.74) is 5.40. The van der Waals surface area contributed by atoms with Crippen LogP contribution in [0.25, 0.3) is 17.2 Å². The summed E-state index contributed by atoms with van der Waals surface area (Å²) < 4.78 is 2.06. The molecule has 0 saturated carbocycles. The Morgan fingerprint density at radius 1 is 1.08 bits per heavy atom. The molecular formula is C16H16N6S2. The fourth-order valence-corrected chi connectivity index (χ4v) is 4.45. The number of H-pyrrole nitrogens is 1. The summed E-state index contributed by atoms with van der Waals surface area (Å²) in [6, 6.07) is 2.14. The van der Waals surface area contributed by atoms with Crippen molar-refractivity contribution in [3.8, 4) is 17.2 Å². The topological polar surface area (TPSA) is 72.3 Å². The molecule has 24 heavy (non-hydrogen) atoms. The van der Waals surface area contributed by atoms with Crippen LogP contribution in [0.3, 0.4) is 0 Å². The summed E-state index contributed by atoms with van der Waals surface area (Å²) in [6.07, 6.45) is 2.31.